The zero-order valence-electron chi connectivity index (χ0n) is 6.84. The molecule has 0 saturated heterocycles. The SMILES string of the molecule is NC(CCO)c1csc([N+](=O)[O-])c1. The first-order chi connectivity index (χ1) is 6.15. The van der Waals surface area contributed by atoms with Gasteiger partial charge in [-0.2, -0.15) is 0 Å². The van der Waals surface area contributed by atoms with Crippen molar-refractivity contribution in [3.8, 4) is 0 Å². The highest BCUT2D eigenvalue weighted by Gasteiger charge is 2.13. The number of nitrogens with zero attached hydrogens (tertiary/aromatic N) is 1. The van der Waals surface area contributed by atoms with E-state index < -0.39 is 4.92 Å². The molecule has 0 fully saturated rings. The number of hydrogen-bond donors (Lipinski definition) is 2. The van der Waals surface area contributed by atoms with Crippen molar-refractivity contribution < 1.29 is 10.0 Å². The van der Waals surface area contributed by atoms with Gasteiger partial charge in [0.25, 0.3) is 0 Å². The standard InChI is InChI=1S/C7H10N2O3S/c8-6(1-2-10)5-3-7(9(11)12)13-4-5/h3-4,6,10H,1-2,8H2. The molecular weight excluding hydrogens is 192 g/mol. The Morgan fingerprint density at radius 1 is 1.77 bits per heavy atom. The minimum absolute atomic E-state index is 0.00912. The maximum absolute atomic E-state index is 10.3. The predicted octanol–water partition coefficient (Wildman–Crippen LogP) is 1.04. The van der Waals surface area contributed by atoms with Crippen molar-refractivity contribution in [3.05, 3.63) is 27.1 Å². The highest BCUT2D eigenvalue weighted by Crippen LogP contribution is 2.26. The summed E-state index contributed by atoms with van der Waals surface area (Å²) >= 11 is 1.05. The van der Waals surface area contributed by atoms with Crippen LogP contribution in [0.2, 0.25) is 0 Å². The Bertz CT molecular complexity index is 300. The van der Waals surface area contributed by atoms with Gasteiger partial charge in [0.1, 0.15) is 0 Å². The fourth-order valence-electron chi connectivity index (χ4n) is 0.935. The lowest BCUT2D eigenvalue weighted by Gasteiger charge is -2.05. The average molecular weight is 202 g/mol. The summed E-state index contributed by atoms with van der Waals surface area (Å²) < 4.78 is 0. The van der Waals surface area contributed by atoms with Gasteiger partial charge in [0.05, 0.1) is 4.92 Å². The van der Waals surface area contributed by atoms with Crippen LogP contribution in [0.5, 0.6) is 0 Å². The molecule has 1 rings (SSSR count). The predicted molar refractivity (Wildman–Crippen MR) is 49.6 cm³/mol. The Kier molecular flexibility index (Phi) is 3.35. The molecule has 0 aliphatic carbocycles. The van der Waals surface area contributed by atoms with Gasteiger partial charge >= 0.3 is 5.00 Å². The van der Waals surface area contributed by atoms with Gasteiger partial charge in [0.2, 0.25) is 0 Å². The summed E-state index contributed by atoms with van der Waals surface area (Å²) in [6.07, 6.45) is 0.424. The number of hydrogen-bond acceptors (Lipinski definition) is 5. The summed E-state index contributed by atoms with van der Waals surface area (Å²) in [5, 5.41) is 20.7. The Balaban J connectivity index is 2.73. The van der Waals surface area contributed by atoms with Gasteiger partial charge in [-0.3, -0.25) is 10.1 Å². The van der Waals surface area contributed by atoms with E-state index >= 15 is 0 Å². The first kappa shape index (κ1) is 10.1. The number of aliphatic hydroxyl groups is 1. The van der Waals surface area contributed by atoms with Crippen molar-refractivity contribution in [1.29, 1.82) is 0 Å². The smallest absolute Gasteiger partial charge is 0.324 e. The first-order valence-electron chi connectivity index (χ1n) is 3.74. The van der Waals surface area contributed by atoms with E-state index in [1.165, 1.54) is 6.07 Å². The molecule has 1 unspecified atom stereocenters. The highest BCUT2D eigenvalue weighted by atomic mass is 32.1. The second kappa shape index (κ2) is 4.31. The van der Waals surface area contributed by atoms with E-state index in [0.717, 1.165) is 11.3 Å². The zero-order valence-corrected chi connectivity index (χ0v) is 7.66. The lowest BCUT2D eigenvalue weighted by atomic mass is 10.1. The molecular formula is C7H10N2O3S. The van der Waals surface area contributed by atoms with Crippen molar-refractivity contribution >= 4 is 16.3 Å². The van der Waals surface area contributed by atoms with Crippen molar-refractivity contribution in [2.75, 3.05) is 6.61 Å². The molecule has 5 nitrogen and oxygen atoms in total. The van der Waals surface area contributed by atoms with Gasteiger partial charge in [0.15, 0.2) is 0 Å². The van der Waals surface area contributed by atoms with Gasteiger partial charge in [-0.1, -0.05) is 11.3 Å². The highest BCUT2D eigenvalue weighted by molar-refractivity contribution is 7.13. The quantitative estimate of drug-likeness (QED) is 0.563. The summed E-state index contributed by atoms with van der Waals surface area (Å²) in [6.45, 7) is -0.00912. The second-order valence-electron chi connectivity index (χ2n) is 2.59. The number of rotatable bonds is 4. The van der Waals surface area contributed by atoms with Crippen LogP contribution in [0.3, 0.4) is 0 Å². The molecule has 0 saturated carbocycles. The lowest BCUT2D eigenvalue weighted by Crippen LogP contribution is -2.10. The molecule has 6 heteroatoms. The molecule has 0 bridgehead atoms. The van der Waals surface area contributed by atoms with Crippen LogP contribution in [-0.4, -0.2) is 16.6 Å². The van der Waals surface area contributed by atoms with Gasteiger partial charge in [0, 0.05) is 24.1 Å². The van der Waals surface area contributed by atoms with Crippen LogP contribution in [0, 0.1) is 10.1 Å². The van der Waals surface area contributed by atoms with Crippen LogP contribution in [0.15, 0.2) is 11.4 Å². The molecule has 1 atom stereocenters. The van der Waals surface area contributed by atoms with Crippen LogP contribution < -0.4 is 5.73 Å². The van der Waals surface area contributed by atoms with Crippen LogP contribution in [-0.2, 0) is 0 Å². The fraction of sp³-hybridized carbons (Fsp3) is 0.429. The summed E-state index contributed by atoms with van der Waals surface area (Å²) in [4.78, 5) is 9.88. The zero-order chi connectivity index (χ0) is 9.84. The maximum Gasteiger partial charge on any atom is 0.324 e. The lowest BCUT2D eigenvalue weighted by molar-refractivity contribution is -0.380. The van der Waals surface area contributed by atoms with Crippen molar-refractivity contribution in [1.82, 2.24) is 0 Å². The average Bonchev–Trinajstić information content (AvgIpc) is 2.52. The molecule has 13 heavy (non-hydrogen) atoms. The van der Waals surface area contributed by atoms with Crippen molar-refractivity contribution in [3.63, 3.8) is 0 Å². The largest absolute Gasteiger partial charge is 0.396 e. The fourth-order valence-corrected chi connectivity index (χ4v) is 1.72. The normalized spacial score (nSPS) is 12.8. The third-order valence-corrected chi connectivity index (χ3v) is 2.55. The van der Waals surface area contributed by atoms with Crippen LogP contribution in [0.1, 0.15) is 18.0 Å². The van der Waals surface area contributed by atoms with E-state index in [0.29, 0.717) is 12.0 Å². The van der Waals surface area contributed by atoms with Gasteiger partial charge < -0.3 is 10.8 Å². The van der Waals surface area contributed by atoms with Gasteiger partial charge in [-0.25, -0.2) is 0 Å². The van der Waals surface area contributed by atoms with E-state index in [-0.39, 0.29) is 17.6 Å². The number of thiophene rings is 1. The third kappa shape index (κ3) is 2.48. The summed E-state index contributed by atoms with van der Waals surface area (Å²) in [5.41, 5.74) is 6.36. The van der Waals surface area contributed by atoms with E-state index in [2.05, 4.69) is 0 Å². The summed E-state index contributed by atoms with van der Waals surface area (Å²) in [6, 6.07) is 1.14. The van der Waals surface area contributed by atoms with Crippen LogP contribution in [0.25, 0.3) is 0 Å². The topological polar surface area (TPSA) is 89.4 Å². The summed E-state index contributed by atoms with van der Waals surface area (Å²) in [7, 11) is 0. The molecule has 72 valence electrons. The molecule has 1 heterocycles. The molecule has 0 aliphatic heterocycles. The van der Waals surface area contributed by atoms with E-state index in [1.54, 1.807) is 5.38 Å². The van der Waals surface area contributed by atoms with E-state index in [1.807, 2.05) is 0 Å². The van der Waals surface area contributed by atoms with E-state index in [4.69, 9.17) is 10.8 Å². The minimum Gasteiger partial charge on any atom is -0.396 e. The Morgan fingerprint density at radius 3 is 2.92 bits per heavy atom. The Morgan fingerprint density at radius 2 is 2.46 bits per heavy atom. The monoisotopic (exact) mass is 202 g/mol. The van der Waals surface area contributed by atoms with Crippen molar-refractivity contribution in [2.45, 2.75) is 12.5 Å². The maximum atomic E-state index is 10.3. The van der Waals surface area contributed by atoms with Crippen molar-refractivity contribution in [2.24, 2.45) is 5.73 Å². The third-order valence-electron chi connectivity index (χ3n) is 1.65. The second-order valence-corrected chi connectivity index (χ2v) is 3.48. The first-order valence-corrected chi connectivity index (χ1v) is 4.62. The Hall–Kier alpha value is -0.980. The minimum atomic E-state index is -0.445. The molecule has 1 aromatic heterocycles. The van der Waals surface area contributed by atoms with E-state index in [9.17, 15) is 10.1 Å². The summed E-state index contributed by atoms with van der Waals surface area (Å²) in [5.74, 6) is 0. The number of aliphatic hydroxyl groups excluding tert-OH is 1. The number of nitrogens with two attached hydrogens (primary N) is 1. The van der Waals surface area contributed by atoms with Crippen LogP contribution >= 0.6 is 11.3 Å². The molecule has 1 aromatic rings. The van der Waals surface area contributed by atoms with Crippen LogP contribution in [0.4, 0.5) is 5.00 Å². The molecule has 0 spiro atoms. The molecule has 0 aromatic carbocycles. The molecule has 0 amide bonds. The molecule has 3 N–H and O–H groups in total. The van der Waals surface area contributed by atoms with Gasteiger partial charge in [-0.15, -0.1) is 0 Å². The Labute approximate surface area is 79.0 Å². The molecule has 0 radical (unpaired) electrons. The number of nitro groups is 1. The van der Waals surface area contributed by atoms with Gasteiger partial charge in [-0.05, 0) is 12.0 Å². The molecule has 0 aliphatic rings.